The largest absolute Gasteiger partial charge is 0.315 e. The van der Waals surface area contributed by atoms with Gasteiger partial charge in [-0.2, -0.15) is 5.26 Å². The Morgan fingerprint density at radius 1 is 1.40 bits per heavy atom. The van der Waals surface area contributed by atoms with Crippen LogP contribution < -0.4 is 10.6 Å². The van der Waals surface area contributed by atoms with Crippen LogP contribution in [-0.4, -0.2) is 39.3 Å². The van der Waals surface area contributed by atoms with Gasteiger partial charge in [0, 0.05) is 18.6 Å². The minimum Gasteiger partial charge on any atom is -0.315 e. The third kappa shape index (κ3) is 3.57. The number of nitrogens with one attached hydrogen (secondary N) is 2. The van der Waals surface area contributed by atoms with Gasteiger partial charge in [-0.1, -0.05) is 0 Å². The van der Waals surface area contributed by atoms with Crippen molar-refractivity contribution in [2.45, 2.75) is 23.8 Å². The van der Waals surface area contributed by atoms with E-state index in [0.29, 0.717) is 12.1 Å². The summed E-state index contributed by atoms with van der Waals surface area (Å²) in [6, 6.07) is 8.02. The standard InChI is InChI=1S/C14H19N3O2S/c1-14(6-7-16-11-14)17-8-9-20(18,19)13-4-2-12(10-15)3-5-13/h2-5,16-17H,6-9,11H2,1H3. The van der Waals surface area contributed by atoms with Gasteiger partial charge in [-0.15, -0.1) is 0 Å². The van der Waals surface area contributed by atoms with E-state index in [2.05, 4.69) is 17.6 Å². The van der Waals surface area contributed by atoms with Crippen molar-refractivity contribution in [3.05, 3.63) is 29.8 Å². The van der Waals surface area contributed by atoms with E-state index in [0.717, 1.165) is 19.5 Å². The van der Waals surface area contributed by atoms with E-state index < -0.39 is 9.84 Å². The van der Waals surface area contributed by atoms with Gasteiger partial charge in [-0.25, -0.2) is 8.42 Å². The molecular weight excluding hydrogens is 274 g/mol. The summed E-state index contributed by atoms with van der Waals surface area (Å²) in [4.78, 5) is 0.271. The van der Waals surface area contributed by atoms with E-state index in [1.807, 2.05) is 6.07 Å². The maximum absolute atomic E-state index is 12.2. The van der Waals surface area contributed by atoms with Crippen molar-refractivity contribution in [3.8, 4) is 6.07 Å². The highest BCUT2D eigenvalue weighted by molar-refractivity contribution is 7.91. The Labute approximate surface area is 119 Å². The lowest BCUT2D eigenvalue weighted by Gasteiger charge is -2.24. The molecule has 1 atom stereocenters. The molecule has 1 fully saturated rings. The molecule has 0 aliphatic carbocycles. The second-order valence-electron chi connectivity index (χ2n) is 5.37. The van der Waals surface area contributed by atoms with Crippen molar-refractivity contribution < 1.29 is 8.42 Å². The Hall–Kier alpha value is -1.42. The summed E-state index contributed by atoms with van der Waals surface area (Å²) < 4.78 is 24.3. The van der Waals surface area contributed by atoms with Gasteiger partial charge >= 0.3 is 0 Å². The second kappa shape index (κ2) is 5.92. The van der Waals surface area contributed by atoms with Crippen molar-refractivity contribution >= 4 is 9.84 Å². The molecule has 0 spiro atoms. The smallest absolute Gasteiger partial charge is 0.179 e. The molecule has 2 N–H and O–H groups in total. The summed E-state index contributed by atoms with van der Waals surface area (Å²) in [6.45, 7) is 4.36. The fourth-order valence-electron chi connectivity index (χ4n) is 2.31. The third-order valence-corrected chi connectivity index (χ3v) is 5.37. The molecular formula is C14H19N3O2S. The number of nitriles is 1. The summed E-state index contributed by atoms with van der Waals surface area (Å²) in [5, 5.41) is 15.3. The quantitative estimate of drug-likeness (QED) is 0.834. The van der Waals surface area contributed by atoms with Gasteiger partial charge in [0.05, 0.1) is 22.3 Å². The van der Waals surface area contributed by atoms with Crippen LogP contribution >= 0.6 is 0 Å². The summed E-state index contributed by atoms with van der Waals surface area (Å²) in [7, 11) is -3.30. The minimum atomic E-state index is -3.30. The molecule has 5 nitrogen and oxygen atoms in total. The number of rotatable bonds is 5. The average Bonchev–Trinajstić information content (AvgIpc) is 2.85. The predicted octanol–water partition coefficient (Wildman–Crippen LogP) is 0.674. The molecule has 2 rings (SSSR count). The number of hydrogen-bond donors (Lipinski definition) is 2. The molecule has 1 aromatic rings. The summed E-state index contributed by atoms with van der Waals surface area (Å²) in [6.07, 6.45) is 1.00. The lowest BCUT2D eigenvalue weighted by molar-refractivity contribution is 0.398. The maximum Gasteiger partial charge on any atom is 0.179 e. The first-order valence-corrected chi connectivity index (χ1v) is 8.29. The molecule has 108 valence electrons. The molecule has 20 heavy (non-hydrogen) atoms. The van der Waals surface area contributed by atoms with Crippen molar-refractivity contribution in [2.75, 3.05) is 25.4 Å². The average molecular weight is 293 g/mol. The van der Waals surface area contributed by atoms with Crippen LogP contribution in [0.5, 0.6) is 0 Å². The number of benzene rings is 1. The highest BCUT2D eigenvalue weighted by atomic mass is 32.2. The lowest BCUT2D eigenvalue weighted by atomic mass is 10.0. The van der Waals surface area contributed by atoms with Crippen LogP contribution in [0.1, 0.15) is 18.9 Å². The van der Waals surface area contributed by atoms with Crippen molar-refractivity contribution in [3.63, 3.8) is 0 Å². The number of hydrogen-bond acceptors (Lipinski definition) is 5. The number of sulfone groups is 1. The molecule has 0 aromatic heterocycles. The van der Waals surface area contributed by atoms with E-state index in [1.54, 1.807) is 0 Å². The topological polar surface area (TPSA) is 82.0 Å². The molecule has 1 aliphatic rings. The van der Waals surface area contributed by atoms with Gasteiger partial charge in [0.1, 0.15) is 0 Å². The van der Waals surface area contributed by atoms with E-state index in [-0.39, 0.29) is 16.2 Å². The van der Waals surface area contributed by atoms with Crippen LogP contribution in [0.25, 0.3) is 0 Å². The molecule has 1 saturated heterocycles. The molecule has 1 aliphatic heterocycles. The van der Waals surface area contributed by atoms with Crippen LogP contribution in [0.2, 0.25) is 0 Å². The molecule has 0 radical (unpaired) electrons. The predicted molar refractivity (Wildman–Crippen MR) is 77.1 cm³/mol. The van der Waals surface area contributed by atoms with Gasteiger partial charge < -0.3 is 10.6 Å². The molecule has 0 amide bonds. The summed E-state index contributed by atoms with van der Waals surface area (Å²) in [5.74, 6) is 0.0640. The minimum absolute atomic E-state index is 0.0137. The molecule has 0 saturated carbocycles. The SMILES string of the molecule is CC1(NCCS(=O)(=O)c2ccc(C#N)cc2)CCNC1. The molecule has 1 unspecified atom stereocenters. The zero-order valence-corrected chi connectivity index (χ0v) is 12.3. The maximum atomic E-state index is 12.2. The summed E-state index contributed by atoms with van der Waals surface area (Å²) in [5.41, 5.74) is 0.451. The highest BCUT2D eigenvalue weighted by Crippen LogP contribution is 2.14. The first-order chi connectivity index (χ1) is 9.45. The Morgan fingerprint density at radius 3 is 2.65 bits per heavy atom. The van der Waals surface area contributed by atoms with Crippen LogP contribution in [0, 0.1) is 11.3 Å². The van der Waals surface area contributed by atoms with E-state index in [9.17, 15) is 8.42 Å². The van der Waals surface area contributed by atoms with Gasteiger partial charge in [0.2, 0.25) is 0 Å². The van der Waals surface area contributed by atoms with Crippen molar-refractivity contribution in [2.24, 2.45) is 0 Å². The van der Waals surface area contributed by atoms with E-state index in [4.69, 9.17) is 5.26 Å². The first-order valence-electron chi connectivity index (χ1n) is 6.64. The van der Waals surface area contributed by atoms with Crippen LogP contribution in [0.15, 0.2) is 29.2 Å². The molecule has 1 aromatic carbocycles. The first kappa shape index (κ1) is 15.0. The molecule has 6 heteroatoms. The fraction of sp³-hybridized carbons (Fsp3) is 0.500. The van der Waals surface area contributed by atoms with Gasteiger partial charge in [-0.05, 0) is 44.2 Å². The van der Waals surface area contributed by atoms with Crippen molar-refractivity contribution in [1.29, 1.82) is 5.26 Å². The van der Waals surface area contributed by atoms with Crippen LogP contribution in [-0.2, 0) is 9.84 Å². The second-order valence-corrected chi connectivity index (χ2v) is 7.48. The monoisotopic (exact) mass is 293 g/mol. The lowest BCUT2D eigenvalue weighted by Crippen LogP contribution is -2.45. The zero-order valence-electron chi connectivity index (χ0n) is 11.5. The van der Waals surface area contributed by atoms with Gasteiger partial charge in [-0.3, -0.25) is 0 Å². The molecule has 1 heterocycles. The van der Waals surface area contributed by atoms with Crippen LogP contribution in [0.4, 0.5) is 0 Å². The summed E-state index contributed by atoms with van der Waals surface area (Å²) >= 11 is 0. The van der Waals surface area contributed by atoms with E-state index >= 15 is 0 Å². The molecule has 0 bridgehead atoms. The fourth-order valence-corrected chi connectivity index (χ4v) is 3.47. The van der Waals surface area contributed by atoms with E-state index in [1.165, 1.54) is 24.3 Å². The van der Waals surface area contributed by atoms with Gasteiger partial charge in [0.25, 0.3) is 0 Å². The number of nitrogens with zero attached hydrogens (tertiary/aromatic N) is 1. The third-order valence-electron chi connectivity index (χ3n) is 3.63. The van der Waals surface area contributed by atoms with Gasteiger partial charge in [0.15, 0.2) is 9.84 Å². The van der Waals surface area contributed by atoms with Crippen molar-refractivity contribution in [1.82, 2.24) is 10.6 Å². The Morgan fingerprint density at radius 2 is 2.10 bits per heavy atom. The zero-order chi connectivity index (χ0) is 14.6. The Balaban J connectivity index is 1.95. The Kier molecular flexibility index (Phi) is 4.43. The highest BCUT2D eigenvalue weighted by Gasteiger charge is 2.28. The van der Waals surface area contributed by atoms with Crippen LogP contribution in [0.3, 0.4) is 0 Å². The Bertz CT molecular complexity index is 596. The normalized spacial score (nSPS) is 22.6.